The van der Waals surface area contributed by atoms with E-state index < -0.39 is 5.97 Å². The van der Waals surface area contributed by atoms with Gasteiger partial charge in [-0.2, -0.15) is 5.10 Å². The fourth-order valence-electron chi connectivity index (χ4n) is 2.96. The molecule has 0 aliphatic heterocycles. The van der Waals surface area contributed by atoms with Gasteiger partial charge >= 0.3 is 5.97 Å². The summed E-state index contributed by atoms with van der Waals surface area (Å²) in [6.07, 6.45) is 4.43. The molecule has 0 bridgehead atoms. The van der Waals surface area contributed by atoms with Gasteiger partial charge in [-0.05, 0) is 25.7 Å². The molecule has 6 nitrogen and oxygen atoms in total. The number of carbonyl (C=O) groups excluding carboxylic acids is 1. The summed E-state index contributed by atoms with van der Waals surface area (Å²) in [6.45, 7) is 6.10. The van der Waals surface area contributed by atoms with Gasteiger partial charge in [-0.15, -0.1) is 0 Å². The largest absolute Gasteiger partial charge is 0.481 e. The number of rotatable bonds is 3. The van der Waals surface area contributed by atoms with Crippen LogP contribution in [0.15, 0.2) is 6.20 Å². The smallest absolute Gasteiger partial charge is 0.306 e. The molecule has 1 fully saturated rings. The number of aliphatic carboxylic acids is 1. The second kappa shape index (κ2) is 6.10. The molecule has 22 heavy (non-hydrogen) atoms. The van der Waals surface area contributed by atoms with E-state index in [1.165, 1.54) is 0 Å². The zero-order valence-corrected chi connectivity index (χ0v) is 13.7. The van der Waals surface area contributed by atoms with Crippen LogP contribution in [0.1, 0.15) is 62.5 Å². The molecule has 0 spiro atoms. The van der Waals surface area contributed by atoms with E-state index in [9.17, 15) is 9.59 Å². The van der Waals surface area contributed by atoms with Crippen LogP contribution in [-0.2, 0) is 17.3 Å². The summed E-state index contributed by atoms with van der Waals surface area (Å²) < 4.78 is 1.66. The topological polar surface area (TPSA) is 84.2 Å². The SMILES string of the molecule is Cn1cc(C(=O)NC2CCC(C(=O)O)CC2)c(C(C)(C)C)n1. The summed E-state index contributed by atoms with van der Waals surface area (Å²) >= 11 is 0. The highest BCUT2D eigenvalue weighted by atomic mass is 16.4. The number of hydrogen-bond acceptors (Lipinski definition) is 3. The maximum absolute atomic E-state index is 12.5. The Labute approximate surface area is 130 Å². The predicted molar refractivity (Wildman–Crippen MR) is 82.8 cm³/mol. The van der Waals surface area contributed by atoms with Crippen molar-refractivity contribution in [2.75, 3.05) is 0 Å². The molecule has 1 amide bonds. The van der Waals surface area contributed by atoms with Gasteiger partial charge in [-0.3, -0.25) is 14.3 Å². The summed E-state index contributed by atoms with van der Waals surface area (Å²) in [5.41, 5.74) is 1.19. The van der Waals surface area contributed by atoms with E-state index in [1.807, 2.05) is 27.8 Å². The molecule has 1 aliphatic rings. The Morgan fingerprint density at radius 1 is 1.27 bits per heavy atom. The van der Waals surface area contributed by atoms with Crippen molar-refractivity contribution >= 4 is 11.9 Å². The van der Waals surface area contributed by atoms with Crippen LogP contribution < -0.4 is 5.32 Å². The van der Waals surface area contributed by atoms with Crippen LogP contribution in [0.2, 0.25) is 0 Å². The molecular formula is C16H25N3O3. The van der Waals surface area contributed by atoms with Crippen LogP contribution in [0.25, 0.3) is 0 Å². The molecular weight excluding hydrogens is 282 g/mol. The molecule has 0 saturated heterocycles. The van der Waals surface area contributed by atoms with Crippen molar-refractivity contribution in [2.24, 2.45) is 13.0 Å². The molecule has 0 unspecified atom stereocenters. The van der Waals surface area contributed by atoms with Crippen molar-refractivity contribution in [3.63, 3.8) is 0 Å². The monoisotopic (exact) mass is 307 g/mol. The highest BCUT2D eigenvalue weighted by molar-refractivity contribution is 5.95. The van der Waals surface area contributed by atoms with Gasteiger partial charge in [0.1, 0.15) is 0 Å². The third kappa shape index (κ3) is 3.67. The number of aromatic nitrogens is 2. The third-order valence-corrected chi connectivity index (χ3v) is 4.20. The van der Waals surface area contributed by atoms with Gasteiger partial charge in [0.05, 0.1) is 17.2 Å². The molecule has 2 rings (SSSR count). The first kappa shape index (κ1) is 16.5. The molecule has 1 aromatic rings. The van der Waals surface area contributed by atoms with Crippen LogP contribution >= 0.6 is 0 Å². The normalized spacial score (nSPS) is 22.4. The van der Waals surface area contributed by atoms with Crippen LogP contribution in [0, 0.1) is 5.92 Å². The fraction of sp³-hybridized carbons (Fsp3) is 0.688. The van der Waals surface area contributed by atoms with Crippen LogP contribution in [0.3, 0.4) is 0 Å². The van der Waals surface area contributed by atoms with Gasteiger partial charge in [0.2, 0.25) is 0 Å². The lowest BCUT2D eigenvalue weighted by molar-refractivity contribution is -0.142. The number of nitrogens with one attached hydrogen (secondary N) is 1. The van der Waals surface area contributed by atoms with Gasteiger partial charge in [0, 0.05) is 24.7 Å². The van der Waals surface area contributed by atoms with Crippen molar-refractivity contribution < 1.29 is 14.7 Å². The molecule has 1 aliphatic carbocycles. The second-order valence-corrected chi connectivity index (χ2v) is 7.18. The predicted octanol–water partition coefficient (Wildman–Crippen LogP) is 2.09. The van der Waals surface area contributed by atoms with Gasteiger partial charge in [0.25, 0.3) is 5.91 Å². The first-order valence-electron chi connectivity index (χ1n) is 7.76. The van der Waals surface area contributed by atoms with E-state index in [4.69, 9.17) is 5.11 Å². The standard InChI is InChI=1S/C16H25N3O3/c1-16(2,3)13-12(9-19(4)18-13)14(20)17-11-7-5-10(6-8-11)15(21)22/h9-11H,5-8H2,1-4H3,(H,17,20)(H,21,22). The van der Waals surface area contributed by atoms with Crippen LogP contribution in [0.4, 0.5) is 0 Å². The summed E-state index contributed by atoms with van der Waals surface area (Å²) in [5, 5.41) is 16.5. The van der Waals surface area contributed by atoms with Crippen molar-refractivity contribution in [2.45, 2.75) is 57.9 Å². The third-order valence-electron chi connectivity index (χ3n) is 4.20. The number of carbonyl (C=O) groups is 2. The summed E-state index contributed by atoms with van der Waals surface area (Å²) in [4.78, 5) is 23.5. The van der Waals surface area contributed by atoms with Gasteiger partial charge in [-0.25, -0.2) is 0 Å². The molecule has 1 aromatic heterocycles. The van der Waals surface area contributed by atoms with Gasteiger partial charge < -0.3 is 10.4 Å². The summed E-state index contributed by atoms with van der Waals surface area (Å²) in [7, 11) is 1.81. The van der Waals surface area contributed by atoms with Crippen LogP contribution in [-0.4, -0.2) is 32.8 Å². The average Bonchev–Trinajstić information content (AvgIpc) is 2.81. The number of hydrogen-bond donors (Lipinski definition) is 2. The zero-order chi connectivity index (χ0) is 16.5. The summed E-state index contributed by atoms with van der Waals surface area (Å²) in [6, 6.07) is 0.0520. The lowest BCUT2D eigenvalue weighted by atomic mass is 9.85. The lowest BCUT2D eigenvalue weighted by Gasteiger charge is -2.27. The molecule has 122 valence electrons. The number of carboxylic acid groups (broad SMARTS) is 1. The minimum Gasteiger partial charge on any atom is -0.481 e. The van der Waals surface area contributed by atoms with Crippen molar-refractivity contribution in [1.82, 2.24) is 15.1 Å². The molecule has 0 atom stereocenters. The Balaban J connectivity index is 2.03. The first-order valence-corrected chi connectivity index (χ1v) is 7.76. The zero-order valence-electron chi connectivity index (χ0n) is 13.7. The maximum Gasteiger partial charge on any atom is 0.306 e. The average molecular weight is 307 g/mol. The number of aryl methyl sites for hydroxylation is 1. The minimum atomic E-state index is -0.730. The van der Waals surface area contributed by atoms with E-state index in [2.05, 4.69) is 10.4 Å². The molecule has 6 heteroatoms. The Morgan fingerprint density at radius 2 is 1.86 bits per heavy atom. The van der Waals surface area contributed by atoms with Gasteiger partial charge in [0.15, 0.2) is 0 Å². The van der Waals surface area contributed by atoms with Gasteiger partial charge in [-0.1, -0.05) is 20.8 Å². The summed E-state index contributed by atoms with van der Waals surface area (Å²) in [5.74, 6) is -1.11. The Bertz CT molecular complexity index is 564. The molecule has 0 aromatic carbocycles. The van der Waals surface area contributed by atoms with E-state index in [0.29, 0.717) is 31.2 Å². The molecule has 0 radical (unpaired) electrons. The lowest BCUT2D eigenvalue weighted by Crippen LogP contribution is -2.39. The van der Waals surface area contributed by atoms with E-state index >= 15 is 0 Å². The highest BCUT2D eigenvalue weighted by Gasteiger charge is 2.29. The highest BCUT2D eigenvalue weighted by Crippen LogP contribution is 2.26. The van der Waals surface area contributed by atoms with Crippen LogP contribution in [0.5, 0.6) is 0 Å². The first-order chi connectivity index (χ1) is 10.2. The Hall–Kier alpha value is -1.85. The fourth-order valence-corrected chi connectivity index (χ4v) is 2.96. The van der Waals surface area contributed by atoms with Crippen molar-refractivity contribution in [3.05, 3.63) is 17.5 Å². The van der Waals surface area contributed by atoms with Crippen molar-refractivity contribution in [3.8, 4) is 0 Å². The second-order valence-electron chi connectivity index (χ2n) is 7.18. The maximum atomic E-state index is 12.5. The number of amides is 1. The Kier molecular flexibility index (Phi) is 4.58. The van der Waals surface area contributed by atoms with Crippen molar-refractivity contribution in [1.29, 1.82) is 0 Å². The number of carboxylic acids is 1. The minimum absolute atomic E-state index is 0.0520. The number of nitrogens with zero attached hydrogens (tertiary/aromatic N) is 2. The van der Waals surface area contributed by atoms with E-state index in [0.717, 1.165) is 5.69 Å². The molecule has 1 saturated carbocycles. The van der Waals surface area contributed by atoms with E-state index in [-0.39, 0.29) is 23.3 Å². The molecule has 2 N–H and O–H groups in total. The quantitative estimate of drug-likeness (QED) is 0.895. The molecule has 1 heterocycles. The Morgan fingerprint density at radius 3 is 2.36 bits per heavy atom. The van der Waals surface area contributed by atoms with E-state index in [1.54, 1.807) is 10.9 Å².